The Labute approximate surface area is 211 Å². The molecule has 0 spiro atoms. The van der Waals surface area contributed by atoms with E-state index in [0.29, 0.717) is 37.4 Å². The van der Waals surface area contributed by atoms with Crippen LogP contribution in [0.5, 0.6) is 0 Å². The molecule has 4 aromatic rings. The number of halogens is 3. The number of benzene rings is 3. The monoisotopic (exact) mass is 560 g/mol. The Morgan fingerprint density at radius 1 is 1.06 bits per heavy atom. The van der Waals surface area contributed by atoms with Crippen molar-refractivity contribution in [3.05, 3.63) is 97.2 Å². The zero-order valence-electron chi connectivity index (χ0n) is 16.8. The molecule has 166 valence electrons. The van der Waals surface area contributed by atoms with Gasteiger partial charge in [0.1, 0.15) is 0 Å². The molecule has 0 saturated heterocycles. The fourth-order valence-corrected chi connectivity index (χ4v) is 4.56. The maximum absolute atomic E-state index is 13.2. The van der Waals surface area contributed by atoms with Crippen molar-refractivity contribution in [1.82, 2.24) is 15.0 Å². The molecule has 10 heteroatoms. The van der Waals surface area contributed by atoms with E-state index in [9.17, 15) is 9.59 Å². The average Bonchev–Trinajstić information content (AvgIpc) is 2.80. The van der Waals surface area contributed by atoms with Gasteiger partial charge in [-0.3, -0.25) is 14.2 Å². The molecule has 33 heavy (non-hydrogen) atoms. The molecule has 1 amide bonds. The highest BCUT2D eigenvalue weighted by molar-refractivity contribution is 9.10. The van der Waals surface area contributed by atoms with Crippen molar-refractivity contribution in [3.8, 4) is 5.69 Å². The predicted octanol–water partition coefficient (Wildman–Crippen LogP) is 5.70. The van der Waals surface area contributed by atoms with Crippen LogP contribution >= 0.6 is 50.9 Å². The lowest BCUT2D eigenvalue weighted by atomic mass is 10.2. The first-order valence-electron chi connectivity index (χ1n) is 9.60. The topological polar surface area (TPSA) is 76.3 Å². The van der Waals surface area contributed by atoms with Gasteiger partial charge in [-0.15, -0.1) is 0 Å². The molecular weight excluding hydrogens is 547 g/mol. The molecule has 0 aliphatic heterocycles. The van der Waals surface area contributed by atoms with Crippen molar-refractivity contribution in [1.29, 1.82) is 0 Å². The van der Waals surface area contributed by atoms with Crippen LogP contribution in [0.25, 0.3) is 16.6 Å². The summed E-state index contributed by atoms with van der Waals surface area (Å²) in [6, 6.07) is 19.5. The first kappa shape index (κ1) is 23.5. The second kappa shape index (κ2) is 10.5. The molecule has 0 aliphatic rings. The number of para-hydroxylation sites is 1. The minimum atomic E-state index is -0.371. The predicted molar refractivity (Wildman–Crippen MR) is 138 cm³/mol. The average molecular weight is 562 g/mol. The summed E-state index contributed by atoms with van der Waals surface area (Å²) in [4.78, 5) is 30.2. The first-order chi connectivity index (χ1) is 15.9. The minimum absolute atomic E-state index is 0.00506. The Balaban J connectivity index is 1.57. The number of nitrogens with zero attached hydrogens (tertiary/aromatic N) is 3. The fraction of sp³-hybridized carbons (Fsp3) is 0.0435. The van der Waals surface area contributed by atoms with Gasteiger partial charge in [-0.25, -0.2) is 10.4 Å². The van der Waals surface area contributed by atoms with Gasteiger partial charge in [-0.2, -0.15) is 5.10 Å². The molecule has 1 aromatic heterocycles. The van der Waals surface area contributed by atoms with Crippen molar-refractivity contribution in [2.24, 2.45) is 5.10 Å². The van der Waals surface area contributed by atoms with Crippen LogP contribution in [0.1, 0.15) is 5.56 Å². The van der Waals surface area contributed by atoms with E-state index >= 15 is 0 Å². The standard InChI is InChI=1S/C23H15BrCl2N4O2S/c24-14-8-10-15(11-9-14)30-22(32)16-4-1-2-7-20(16)28-23(30)33-13-21(31)29-27-12-17-18(25)5-3-6-19(17)26/h1-12H,13H2,(H,29,31)/b27-12+. The number of hydrazone groups is 1. The van der Waals surface area contributed by atoms with E-state index in [2.05, 4.69) is 31.4 Å². The molecule has 0 saturated carbocycles. The fourth-order valence-electron chi connectivity index (χ4n) is 2.99. The van der Waals surface area contributed by atoms with Crippen molar-refractivity contribution >= 4 is 73.9 Å². The van der Waals surface area contributed by atoms with Crippen molar-refractivity contribution in [3.63, 3.8) is 0 Å². The molecule has 0 bridgehead atoms. The summed E-state index contributed by atoms with van der Waals surface area (Å²) in [6.07, 6.45) is 1.39. The summed E-state index contributed by atoms with van der Waals surface area (Å²) in [5, 5.41) is 5.68. The van der Waals surface area contributed by atoms with Crippen molar-refractivity contribution in [2.45, 2.75) is 5.16 Å². The number of nitrogens with one attached hydrogen (secondary N) is 1. The highest BCUT2D eigenvalue weighted by atomic mass is 79.9. The number of thioether (sulfide) groups is 1. The van der Waals surface area contributed by atoms with E-state index in [1.165, 1.54) is 10.8 Å². The Morgan fingerprint density at radius 3 is 2.48 bits per heavy atom. The molecule has 0 atom stereocenters. The molecule has 6 nitrogen and oxygen atoms in total. The van der Waals surface area contributed by atoms with Gasteiger partial charge in [0.2, 0.25) is 0 Å². The molecule has 1 N–H and O–H groups in total. The van der Waals surface area contributed by atoms with E-state index in [0.717, 1.165) is 16.2 Å². The Hall–Kier alpha value is -2.65. The highest BCUT2D eigenvalue weighted by Crippen LogP contribution is 2.23. The van der Waals surface area contributed by atoms with Crippen molar-refractivity contribution in [2.75, 3.05) is 5.75 Å². The van der Waals surface area contributed by atoms with Gasteiger partial charge < -0.3 is 0 Å². The lowest BCUT2D eigenvalue weighted by molar-refractivity contribution is -0.118. The van der Waals surface area contributed by atoms with Crippen LogP contribution in [0, 0.1) is 0 Å². The number of aromatic nitrogens is 2. The van der Waals surface area contributed by atoms with Crippen LogP contribution in [0.2, 0.25) is 10.0 Å². The Morgan fingerprint density at radius 2 is 1.76 bits per heavy atom. The minimum Gasteiger partial charge on any atom is -0.272 e. The second-order valence-electron chi connectivity index (χ2n) is 6.75. The zero-order chi connectivity index (χ0) is 23.4. The van der Waals surface area contributed by atoms with Crippen LogP contribution in [-0.2, 0) is 4.79 Å². The molecule has 0 unspecified atom stereocenters. The molecular formula is C23H15BrCl2N4O2S. The van der Waals surface area contributed by atoms with Crippen molar-refractivity contribution < 1.29 is 4.79 Å². The lowest BCUT2D eigenvalue weighted by Crippen LogP contribution is -2.24. The van der Waals surface area contributed by atoms with Crippen LogP contribution in [0.4, 0.5) is 0 Å². The van der Waals surface area contributed by atoms with Gasteiger partial charge in [0.15, 0.2) is 5.16 Å². The number of amides is 1. The number of hydrogen-bond donors (Lipinski definition) is 1. The number of rotatable bonds is 6. The summed E-state index contributed by atoms with van der Waals surface area (Å²) in [7, 11) is 0. The third-order valence-electron chi connectivity index (χ3n) is 4.54. The van der Waals surface area contributed by atoms with Gasteiger partial charge in [0.05, 0.1) is 38.6 Å². The van der Waals surface area contributed by atoms with Gasteiger partial charge >= 0.3 is 0 Å². The zero-order valence-corrected chi connectivity index (χ0v) is 20.7. The lowest BCUT2D eigenvalue weighted by Gasteiger charge is -2.13. The molecule has 1 heterocycles. The molecule has 0 radical (unpaired) electrons. The van der Waals surface area contributed by atoms with E-state index < -0.39 is 0 Å². The van der Waals surface area contributed by atoms with E-state index in [4.69, 9.17) is 23.2 Å². The van der Waals surface area contributed by atoms with Crippen LogP contribution < -0.4 is 11.0 Å². The highest BCUT2D eigenvalue weighted by Gasteiger charge is 2.15. The van der Waals surface area contributed by atoms with E-state index in [1.54, 1.807) is 36.4 Å². The number of hydrogen-bond acceptors (Lipinski definition) is 5. The Bertz CT molecular complexity index is 1400. The third kappa shape index (κ3) is 5.47. The van der Waals surface area contributed by atoms with Gasteiger partial charge in [0, 0.05) is 10.0 Å². The van der Waals surface area contributed by atoms with Gasteiger partial charge in [-0.05, 0) is 48.5 Å². The number of carbonyl (C=O) groups excluding carboxylic acids is 1. The quantitative estimate of drug-likeness (QED) is 0.142. The normalized spacial score (nSPS) is 11.2. The molecule has 4 rings (SSSR count). The summed E-state index contributed by atoms with van der Waals surface area (Å²) >= 11 is 16.7. The maximum Gasteiger partial charge on any atom is 0.266 e. The molecule has 0 aliphatic carbocycles. The smallest absolute Gasteiger partial charge is 0.266 e. The SMILES string of the molecule is O=C(CSc1nc2ccccc2c(=O)n1-c1ccc(Br)cc1)N/N=C/c1c(Cl)cccc1Cl. The largest absolute Gasteiger partial charge is 0.272 e. The second-order valence-corrected chi connectivity index (χ2v) is 9.42. The van der Waals surface area contributed by atoms with Crippen LogP contribution in [0.3, 0.4) is 0 Å². The van der Waals surface area contributed by atoms with E-state index in [-0.39, 0.29) is 17.2 Å². The number of carbonyl (C=O) groups is 1. The van der Waals surface area contributed by atoms with Crippen LogP contribution in [0.15, 0.2) is 86.3 Å². The Kier molecular flexibility index (Phi) is 7.49. The summed E-state index contributed by atoms with van der Waals surface area (Å²) in [5.74, 6) is -0.376. The molecule has 0 fully saturated rings. The van der Waals surface area contributed by atoms with E-state index in [1.807, 2.05) is 30.3 Å². The summed E-state index contributed by atoms with van der Waals surface area (Å²) < 4.78 is 2.39. The molecule has 3 aromatic carbocycles. The summed E-state index contributed by atoms with van der Waals surface area (Å²) in [5.41, 5.74) is 3.95. The number of fused-ring (bicyclic) bond motifs is 1. The van der Waals surface area contributed by atoms with Gasteiger partial charge in [-0.1, -0.05) is 69.1 Å². The van der Waals surface area contributed by atoms with Crippen LogP contribution in [-0.4, -0.2) is 27.4 Å². The van der Waals surface area contributed by atoms with Gasteiger partial charge in [0.25, 0.3) is 11.5 Å². The first-order valence-corrected chi connectivity index (χ1v) is 12.1. The third-order valence-corrected chi connectivity index (χ3v) is 6.67. The summed E-state index contributed by atoms with van der Waals surface area (Å²) in [6.45, 7) is 0. The maximum atomic E-state index is 13.2.